The van der Waals surface area contributed by atoms with Gasteiger partial charge < -0.3 is 5.73 Å². The molecule has 0 unspecified atom stereocenters. The van der Waals surface area contributed by atoms with Gasteiger partial charge in [-0.15, -0.1) is 0 Å². The van der Waals surface area contributed by atoms with Gasteiger partial charge in [-0.3, -0.25) is 0 Å². The van der Waals surface area contributed by atoms with Gasteiger partial charge in [0.05, 0.1) is 11.9 Å². The van der Waals surface area contributed by atoms with Crippen molar-refractivity contribution >= 4 is 15.9 Å². The Balaban J connectivity index is 2.02. The van der Waals surface area contributed by atoms with Crippen molar-refractivity contribution < 1.29 is 0 Å². The first-order chi connectivity index (χ1) is 9.78. The molecule has 0 aliphatic rings. The number of hydrogen-bond acceptors (Lipinski definition) is 2. The fourth-order valence-corrected chi connectivity index (χ4v) is 2.58. The van der Waals surface area contributed by atoms with E-state index in [0.29, 0.717) is 6.54 Å². The van der Waals surface area contributed by atoms with E-state index in [9.17, 15) is 0 Å². The molecular formula is C16H14BrN3. The van der Waals surface area contributed by atoms with Crippen LogP contribution in [0.5, 0.6) is 0 Å². The average molecular weight is 328 g/mol. The largest absolute Gasteiger partial charge is 0.326 e. The lowest BCUT2D eigenvalue weighted by Gasteiger charge is -2.08. The second-order valence-electron chi connectivity index (χ2n) is 4.52. The Morgan fingerprint density at radius 2 is 1.85 bits per heavy atom. The van der Waals surface area contributed by atoms with Crippen LogP contribution in [0, 0.1) is 0 Å². The highest BCUT2D eigenvalue weighted by atomic mass is 79.9. The van der Waals surface area contributed by atoms with Crippen molar-refractivity contribution in [3.05, 3.63) is 71.0 Å². The van der Waals surface area contributed by atoms with E-state index in [1.54, 1.807) is 0 Å². The molecule has 0 bridgehead atoms. The summed E-state index contributed by atoms with van der Waals surface area (Å²) in [6.45, 7) is 0.481. The fourth-order valence-electron chi connectivity index (χ4n) is 2.18. The lowest BCUT2D eigenvalue weighted by Crippen LogP contribution is -2.04. The van der Waals surface area contributed by atoms with Gasteiger partial charge in [-0.25, -0.2) is 4.68 Å². The average Bonchev–Trinajstić information content (AvgIpc) is 2.97. The van der Waals surface area contributed by atoms with Crippen LogP contribution in [-0.4, -0.2) is 9.78 Å². The van der Waals surface area contributed by atoms with Crippen molar-refractivity contribution in [2.24, 2.45) is 5.73 Å². The molecule has 1 heterocycles. The zero-order valence-corrected chi connectivity index (χ0v) is 12.4. The number of aromatic nitrogens is 2. The Morgan fingerprint density at radius 1 is 1.05 bits per heavy atom. The Morgan fingerprint density at radius 3 is 2.60 bits per heavy atom. The molecule has 0 aliphatic carbocycles. The third kappa shape index (κ3) is 2.53. The first-order valence-corrected chi connectivity index (χ1v) is 7.16. The molecule has 3 nitrogen and oxygen atoms in total. The molecule has 20 heavy (non-hydrogen) atoms. The Labute approximate surface area is 126 Å². The van der Waals surface area contributed by atoms with Crippen molar-refractivity contribution in [1.29, 1.82) is 0 Å². The van der Waals surface area contributed by atoms with Crippen LogP contribution in [0.3, 0.4) is 0 Å². The molecule has 2 N–H and O–H groups in total. The van der Waals surface area contributed by atoms with E-state index < -0.39 is 0 Å². The van der Waals surface area contributed by atoms with Crippen LogP contribution in [-0.2, 0) is 6.54 Å². The highest BCUT2D eigenvalue weighted by Gasteiger charge is 2.07. The number of benzene rings is 2. The summed E-state index contributed by atoms with van der Waals surface area (Å²) in [5.74, 6) is 0. The summed E-state index contributed by atoms with van der Waals surface area (Å²) in [6, 6.07) is 16.3. The minimum absolute atomic E-state index is 0.481. The molecule has 3 aromatic rings. The molecule has 0 atom stereocenters. The number of nitrogens with zero attached hydrogens (tertiary/aromatic N) is 2. The maximum Gasteiger partial charge on any atom is 0.0691 e. The number of nitrogens with two attached hydrogens (primary N) is 1. The Kier molecular flexibility index (Phi) is 3.67. The van der Waals surface area contributed by atoms with E-state index >= 15 is 0 Å². The summed E-state index contributed by atoms with van der Waals surface area (Å²) >= 11 is 3.47. The molecule has 2 aromatic carbocycles. The van der Waals surface area contributed by atoms with Gasteiger partial charge in [0, 0.05) is 22.8 Å². The van der Waals surface area contributed by atoms with Crippen LogP contribution in [0.2, 0.25) is 0 Å². The Bertz CT molecular complexity index is 720. The standard InChI is InChI=1S/C16H14BrN3/c17-15-6-7-16(13(8-15)9-18)20-11-14(10-19-20)12-4-2-1-3-5-12/h1-8,10-11H,9,18H2. The van der Waals surface area contributed by atoms with E-state index in [4.69, 9.17) is 5.73 Å². The van der Waals surface area contributed by atoms with Crippen molar-refractivity contribution in [2.45, 2.75) is 6.54 Å². The number of rotatable bonds is 3. The molecule has 0 spiro atoms. The van der Waals surface area contributed by atoms with Crippen molar-refractivity contribution in [3.8, 4) is 16.8 Å². The molecule has 0 aliphatic heterocycles. The zero-order valence-electron chi connectivity index (χ0n) is 10.8. The molecule has 0 amide bonds. The predicted octanol–water partition coefficient (Wildman–Crippen LogP) is 3.76. The van der Waals surface area contributed by atoms with Crippen LogP contribution >= 0.6 is 15.9 Å². The highest BCUT2D eigenvalue weighted by Crippen LogP contribution is 2.23. The van der Waals surface area contributed by atoms with Crippen LogP contribution in [0.15, 0.2) is 65.4 Å². The van der Waals surface area contributed by atoms with Crippen molar-refractivity contribution in [1.82, 2.24) is 9.78 Å². The van der Waals surface area contributed by atoms with E-state index in [2.05, 4.69) is 33.2 Å². The van der Waals surface area contributed by atoms with Gasteiger partial charge in [-0.1, -0.05) is 46.3 Å². The molecule has 100 valence electrons. The summed E-state index contributed by atoms with van der Waals surface area (Å²) in [6.07, 6.45) is 3.90. The van der Waals surface area contributed by atoms with Crippen LogP contribution in [0.1, 0.15) is 5.56 Å². The summed E-state index contributed by atoms with van der Waals surface area (Å²) in [5, 5.41) is 4.45. The lowest BCUT2D eigenvalue weighted by atomic mass is 10.1. The molecule has 3 rings (SSSR count). The monoisotopic (exact) mass is 327 g/mol. The molecule has 0 saturated carbocycles. The van der Waals surface area contributed by atoms with E-state index in [1.807, 2.05) is 53.5 Å². The molecule has 0 fully saturated rings. The van der Waals surface area contributed by atoms with E-state index in [-0.39, 0.29) is 0 Å². The van der Waals surface area contributed by atoms with Gasteiger partial charge in [-0.05, 0) is 29.3 Å². The van der Waals surface area contributed by atoms with Gasteiger partial charge in [0.1, 0.15) is 0 Å². The van der Waals surface area contributed by atoms with Crippen LogP contribution < -0.4 is 5.73 Å². The second-order valence-corrected chi connectivity index (χ2v) is 5.43. The van der Waals surface area contributed by atoms with Gasteiger partial charge in [-0.2, -0.15) is 5.10 Å². The molecule has 4 heteroatoms. The molecule has 0 radical (unpaired) electrons. The maximum atomic E-state index is 5.81. The first-order valence-electron chi connectivity index (χ1n) is 6.37. The normalized spacial score (nSPS) is 10.7. The third-order valence-electron chi connectivity index (χ3n) is 3.20. The van der Waals surface area contributed by atoms with Gasteiger partial charge in [0.15, 0.2) is 0 Å². The predicted molar refractivity (Wildman–Crippen MR) is 84.6 cm³/mol. The molecule has 0 saturated heterocycles. The lowest BCUT2D eigenvalue weighted by molar-refractivity contribution is 0.858. The first kappa shape index (κ1) is 13.1. The van der Waals surface area contributed by atoms with Crippen molar-refractivity contribution in [3.63, 3.8) is 0 Å². The maximum absolute atomic E-state index is 5.81. The van der Waals surface area contributed by atoms with Crippen LogP contribution in [0.25, 0.3) is 16.8 Å². The van der Waals surface area contributed by atoms with Gasteiger partial charge >= 0.3 is 0 Å². The number of hydrogen-bond donors (Lipinski definition) is 1. The fraction of sp³-hybridized carbons (Fsp3) is 0.0625. The third-order valence-corrected chi connectivity index (χ3v) is 3.69. The van der Waals surface area contributed by atoms with Gasteiger partial charge in [0.25, 0.3) is 0 Å². The van der Waals surface area contributed by atoms with Crippen molar-refractivity contribution in [2.75, 3.05) is 0 Å². The highest BCUT2D eigenvalue weighted by molar-refractivity contribution is 9.10. The quantitative estimate of drug-likeness (QED) is 0.795. The van der Waals surface area contributed by atoms with Gasteiger partial charge in [0.2, 0.25) is 0 Å². The SMILES string of the molecule is NCc1cc(Br)ccc1-n1cc(-c2ccccc2)cn1. The second kappa shape index (κ2) is 5.61. The zero-order chi connectivity index (χ0) is 13.9. The minimum atomic E-state index is 0.481. The summed E-state index contributed by atoms with van der Waals surface area (Å²) in [5.41, 5.74) is 10.1. The topological polar surface area (TPSA) is 43.8 Å². The Hall–Kier alpha value is -1.91. The summed E-state index contributed by atoms with van der Waals surface area (Å²) in [7, 11) is 0. The summed E-state index contributed by atoms with van der Waals surface area (Å²) in [4.78, 5) is 0. The van der Waals surface area contributed by atoms with E-state index in [1.165, 1.54) is 0 Å². The minimum Gasteiger partial charge on any atom is -0.326 e. The molecule has 1 aromatic heterocycles. The smallest absolute Gasteiger partial charge is 0.0691 e. The summed E-state index contributed by atoms with van der Waals surface area (Å²) < 4.78 is 2.90. The van der Waals surface area contributed by atoms with Crippen LogP contribution in [0.4, 0.5) is 0 Å². The molecular weight excluding hydrogens is 314 g/mol. The van der Waals surface area contributed by atoms with E-state index in [0.717, 1.165) is 26.9 Å². The number of halogens is 1.